The molecule has 1 fully saturated rings. The van der Waals surface area contributed by atoms with E-state index in [9.17, 15) is 4.39 Å². The number of pyridine rings is 1. The molecule has 3 aromatic rings. The van der Waals surface area contributed by atoms with Crippen LogP contribution in [0.5, 0.6) is 5.75 Å². The fourth-order valence-electron chi connectivity index (χ4n) is 4.30. The van der Waals surface area contributed by atoms with Crippen molar-refractivity contribution >= 4 is 65.2 Å². The molecule has 0 amide bonds. The van der Waals surface area contributed by atoms with Crippen LogP contribution in [-0.2, 0) is 11.3 Å². The summed E-state index contributed by atoms with van der Waals surface area (Å²) in [5.74, 6) is 0.410. The molecule has 1 atom stereocenters. The molecule has 0 aliphatic carbocycles. The molecule has 1 unspecified atom stereocenters. The number of morpholine rings is 1. The largest absolute Gasteiger partial charge is 0.486 e. The van der Waals surface area contributed by atoms with Crippen molar-refractivity contribution in [1.82, 2.24) is 9.88 Å². The molecule has 6 nitrogen and oxygen atoms in total. The van der Waals surface area contributed by atoms with E-state index in [-0.39, 0.29) is 11.9 Å². The molecule has 2 aliphatic rings. The first-order valence-corrected chi connectivity index (χ1v) is 14.7. The van der Waals surface area contributed by atoms with E-state index in [4.69, 9.17) is 38.4 Å². The Bertz CT molecular complexity index is 1360. The van der Waals surface area contributed by atoms with E-state index >= 15 is 0 Å². The van der Waals surface area contributed by atoms with Gasteiger partial charge < -0.3 is 18.7 Å². The SMILES string of the molecule is CC(Oc1ccc2c(c1)C(/C=C/c1cc(N)c(CN3CCOCC3)cc1F)=IN2)c1c(Cl)cncc1Cl. The van der Waals surface area contributed by atoms with Crippen molar-refractivity contribution in [1.29, 1.82) is 0 Å². The molecule has 0 saturated carbocycles. The van der Waals surface area contributed by atoms with E-state index in [2.05, 4.69) is 13.4 Å². The van der Waals surface area contributed by atoms with E-state index in [0.717, 1.165) is 33.4 Å². The van der Waals surface area contributed by atoms with Gasteiger partial charge in [-0.05, 0) is 48.9 Å². The predicted molar refractivity (Wildman–Crippen MR) is 157 cm³/mol. The van der Waals surface area contributed by atoms with Crippen molar-refractivity contribution in [2.45, 2.75) is 19.6 Å². The first kappa shape index (κ1) is 26.4. The summed E-state index contributed by atoms with van der Waals surface area (Å²) in [5.41, 5.74) is 10.9. The summed E-state index contributed by atoms with van der Waals surface area (Å²) >= 11 is 12.1. The van der Waals surface area contributed by atoms with Gasteiger partial charge >= 0.3 is 0 Å². The van der Waals surface area contributed by atoms with E-state index in [1.165, 1.54) is 0 Å². The van der Waals surface area contributed by atoms with Gasteiger partial charge in [-0.3, -0.25) is 9.88 Å². The molecule has 3 heterocycles. The van der Waals surface area contributed by atoms with Crippen LogP contribution in [0.2, 0.25) is 10.0 Å². The van der Waals surface area contributed by atoms with Crippen LogP contribution in [0.4, 0.5) is 15.8 Å². The Balaban J connectivity index is 1.31. The molecule has 194 valence electrons. The normalized spacial score (nSPS) is 16.6. The van der Waals surface area contributed by atoms with Gasteiger partial charge in [0, 0.05) is 78.9 Å². The van der Waals surface area contributed by atoms with Crippen LogP contribution in [0.3, 0.4) is 0 Å². The lowest BCUT2D eigenvalue weighted by Crippen LogP contribution is -2.35. The molecule has 37 heavy (non-hydrogen) atoms. The van der Waals surface area contributed by atoms with Crippen molar-refractivity contribution in [3.63, 3.8) is 0 Å². The highest BCUT2D eigenvalue weighted by Gasteiger charge is 2.19. The summed E-state index contributed by atoms with van der Waals surface area (Å²) in [7, 11) is 0. The van der Waals surface area contributed by atoms with Gasteiger partial charge in [-0.25, -0.2) is 4.39 Å². The van der Waals surface area contributed by atoms with Gasteiger partial charge in [0.2, 0.25) is 0 Å². The average Bonchev–Trinajstić information content (AvgIpc) is 3.28. The Hall–Kier alpha value is -2.24. The standard InChI is InChI=1S/C27H26Cl2FIN4O2/c1-16(27-21(28)13-33-14-22(27)29)37-19-3-5-26-20(12-19)24(31-34-26)4-2-17-11-25(32)18(10-23(17)30)15-35-6-8-36-9-7-35/h2-5,10-14,16,34H,6-9,15,32H2,1H3/b4-2+. The number of nitrogens with two attached hydrogens (primary N) is 1. The molecule has 0 bridgehead atoms. The van der Waals surface area contributed by atoms with E-state index in [1.807, 2.05) is 31.2 Å². The molecule has 2 aromatic carbocycles. The number of hydrogen-bond donors (Lipinski definition) is 2. The van der Waals surface area contributed by atoms with Gasteiger partial charge in [-0.1, -0.05) is 29.3 Å². The number of allylic oxidation sites excluding steroid dienone is 1. The Morgan fingerprint density at radius 1 is 1.19 bits per heavy atom. The van der Waals surface area contributed by atoms with Crippen molar-refractivity contribution in [2.75, 3.05) is 35.6 Å². The summed E-state index contributed by atoms with van der Waals surface area (Å²) in [5, 5.41) is 0.919. The van der Waals surface area contributed by atoms with Crippen LogP contribution in [0.1, 0.15) is 35.3 Å². The minimum atomic E-state index is -0.476. The number of benzene rings is 2. The first-order chi connectivity index (χ1) is 17.9. The smallest absolute Gasteiger partial charge is 0.130 e. The summed E-state index contributed by atoms with van der Waals surface area (Å²) in [4.78, 5) is 6.23. The highest BCUT2D eigenvalue weighted by atomic mass is 127. The summed E-state index contributed by atoms with van der Waals surface area (Å²) in [6, 6.07) is 9.16. The minimum Gasteiger partial charge on any atom is -0.486 e. The lowest BCUT2D eigenvalue weighted by molar-refractivity contribution is 0.0342. The highest BCUT2D eigenvalue weighted by Crippen LogP contribution is 2.36. The summed E-state index contributed by atoms with van der Waals surface area (Å²) in [6.07, 6.45) is 6.50. The van der Waals surface area contributed by atoms with Gasteiger partial charge in [-0.15, -0.1) is 0 Å². The number of fused-ring (bicyclic) bond motifs is 1. The number of anilines is 2. The number of nitrogen functional groups attached to an aromatic ring is 1. The maximum atomic E-state index is 15.0. The van der Waals surface area contributed by atoms with Gasteiger partial charge in [-0.2, -0.15) is 0 Å². The van der Waals surface area contributed by atoms with Gasteiger partial charge in [0.15, 0.2) is 0 Å². The molecular formula is C27H26Cl2FIN4O2. The topological polar surface area (TPSA) is 72.6 Å². The zero-order valence-electron chi connectivity index (χ0n) is 20.1. The second-order valence-electron chi connectivity index (χ2n) is 8.82. The number of nitrogens with one attached hydrogen (secondary N) is 1. The third-order valence-electron chi connectivity index (χ3n) is 6.27. The van der Waals surface area contributed by atoms with Crippen molar-refractivity contribution in [3.8, 4) is 5.75 Å². The third kappa shape index (κ3) is 6.09. The summed E-state index contributed by atoms with van der Waals surface area (Å²) < 4.78 is 31.1. The number of halogens is 4. The Morgan fingerprint density at radius 2 is 1.95 bits per heavy atom. The molecule has 1 saturated heterocycles. The molecule has 3 N–H and O–H groups in total. The lowest BCUT2D eigenvalue weighted by atomic mass is 10.0. The van der Waals surface area contributed by atoms with Crippen LogP contribution in [0.15, 0.2) is 48.8 Å². The Kier molecular flexibility index (Phi) is 8.31. The Labute approximate surface area is 235 Å². The number of aromatic nitrogens is 1. The molecule has 1 aromatic heterocycles. The quantitative estimate of drug-likeness (QED) is 0.169. The van der Waals surface area contributed by atoms with Gasteiger partial charge in [0.05, 0.1) is 28.9 Å². The van der Waals surface area contributed by atoms with Crippen LogP contribution < -0.4 is 14.0 Å². The maximum absolute atomic E-state index is 15.0. The number of rotatable bonds is 7. The number of hydrogen-bond acceptors (Lipinski definition) is 6. The van der Waals surface area contributed by atoms with Gasteiger partial charge in [0.25, 0.3) is 0 Å². The monoisotopic (exact) mass is 654 g/mol. The highest BCUT2D eigenvalue weighted by molar-refractivity contribution is 14.2. The second kappa shape index (κ2) is 11.7. The van der Waals surface area contributed by atoms with E-state index < -0.39 is 21.0 Å². The van der Waals surface area contributed by atoms with Crippen LogP contribution in [0.25, 0.3) is 6.08 Å². The van der Waals surface area contributed by atoms with Crippen molar-refractivity contribution in [2.24, 2.45) is 0 Å². The first-order valence-electron chi connectivity index (χ1n) is 11.8. The zero-order valence-corrected chi connectivity index (χ0v) is 23.8. The molecule has 0 spiro atoms. The van der Waals surface area contributed by atoms with Crippen LogP contribution in [-0.4, -0.2) is 39.7 Å². The van der Waals surface area contributed by atoms with Crippen LogP contribution in [0, 0.1) is 5.82 Å². The van der Waals surface area contributed by atoms with Crippen molar-refractivity contribution < 1.29 is 13.9 Å². The third-order valence-corrected chi connectivity index (χ3v) is 9.25. The minimum absolute atomic E-state index is 0.282. The summed E-state index contributed by atoms with van der Waals surface area (Å²) in [6.45, 7) is 5.54. The fourth-order valence-corrected chi connectivity index (χ4v) is 7.12. The van der Waals surface area contributed by atoms with Crippen LogP contribution >= 0.6 is 44.2 Å². The Morgan fingerprint density at radius 3 is 2.70 bits per heavy atom. The van der Waals surface area contributed by atoms with E-state index in [1.54, 1.807) is 30.6 Å². The fraction of sp³-hybridized carbons (Fsp3) is 0.259. The average molecular weight is 655 g/mol. The molecular weight excluding hydrogens is 629 g/mol. The number of nitrogens with zero attached hydrogens (tertiary/aromatic N) is 2. The van der Waals surface area contributed by atoms with Crippen molar-refractivity contribution in [3.05, 3.63) is 86.9 Å². The lowest BCUT2D eigenvalue weighted by Gasteiger charge is -2.27. The molecule has 2 aliphatic heterocycles. The second-order valence-corrected chi connectivity index (χ2v) is 11.9. The maximum Gasteiger partial charge on any atom is 0.130 e. The van der Waals surface area contributed by atoms with Gasteiger partial charge in [0.1, 0.15) is 17.7 Å². The van der Waals surface area contributed by atoms with E-state index in [0.29, 0.717) is 52.4 Å². The zero-order chi connectivity index (χ0) is 25.9. The molecule has 10 heteroatoms. The molecule has 0 radical (unpaired) electrons. The molecule has 5 rings (SSSR count). The number of ether oxygens (including phenoxy) is 2. The predicted octanol–water partition coefficient (Wildman–Crippen LogP) is 6.63.